The highest BCUT2D eigenvalue weighted by Gasteiger charge is 2.33. The summed E-state index contributed by atoms with van der Waals surface area (Å²) in [6.45, 7) is 3.25. The van der Waals surface area contributed by atoms with Crippen LogP contribution in [-0.4, -0.2) is 33.8 Å². The number of urea groups is 1. The number of fused-ring (bicyclic) bond motifs is 1. The van der Waals surface area contributed by atoms with Crippen molar-refractivity contribution in [1.29, 1.82) is 0 Å². The first-order valence-electron chi connectivity index (χ1n) is 8.73. The van der Waals surface area contributed by atoms with Crippen LogP contribution in [-0.2, 0) is 17.7 Å². The average Bonchev–Trinajstić information content (AvgIpc) is 3.26. The number of nitrogens with one attached hydrogen (secondary N) is 2. The molecule has 2 atom stereocenters. The molecule has 0 saturated carbocycles. The molecule has 4 rings (SSSR count). The molecule has 8 heteroatoms. The fourth-order valence-corrected chi connectivity index (χ4v) is 3.97. The van der Waals surface area contributed by atoms with Crippen molar-refractivity contribution < 1.29 is 13.9 Å². The van der Waals surface area contributed by atoms with Gasteiger partial charge in [0.05, 0.1) is 16.7 Å². The number of carbonyl (C=O) groups is 1. The van der Waals surface area contributed by atoms with Crippen LogP contribution in [0.15, 0.2) is 22.7 Å². The van der Waals surface area contributed by atoms with Gasteiger partial charge < -0.3 is 15.0 Å². The highest BCUT2D eigenvalue weighted by atomic mass is 79.9. The Morgan fingerprint density at radius 1 is 1.50 bits per heavy atom. The number of hydrogen-bond donors (Lipinski definition) is 2. The van der Waals surface area contributed by atoms with E-state index in [1.165, 1.54) is 6.07 Å². The van der Waals surface area contributed by atoms with Gasteiger partial charge in [-0.2, -0.15) is 5.10 Å². The van der Waals surface area contributed by atoms with E-state index in [9.17, 15) is 9.18 Å². The summed E-state index contributed by atoms with van der Waals surface area (Å²) in [6, 6.07) is 4.25. The highest BCUT2D eigenvalue weighted by molar-refractivity contribution is 9.10. The van der Waals surface area contributed by atoms with Gasteiger partial charge in [0.25, 0.3) is 0 Å². The van der Waals surface area contributed by atoms with Crippen molar-refractivity contribution in [3.8, 4) is 0 Å². The predicted molar refractivity (Wildman–Crippen MR) is 98.3 cm³/mol. The number of halogens is 2. The number of aromatic nitrogens is 2. The van der Waals surface area contributed by atoms with Gasteiger partial charge in [-0.1, -0.05) is 0 Å². The van der Waals surface area contributed by atoms with Crippen LogP contribution in [0.1, 0.15) is 42.8 Å². The molecule has 0 spiro atoms. The number of H-pyrrole nitrogens is 1. The van der Waals surface area contributed by atoms with Gasteiger partial charge in [-0.3, -0.25) is 5.10 Å². The normalized spacial score (nSPS) is 22.3. The Balaban J connectivity index is 1.53. The van der Waals surface area contributed by atoms with E-state index in [0.29, 0.717) is 16.7 Å². The molecule has 26 heavy (non-hydrogen) atoms. The van der Waals surface area contributed by atoms with Crippen molar-refractivity contribution in [1.82, 2.24) is 15.1 Å². The minimum atomic E-state index is -0.362. The first kappa shape index (κ1) is 17.5. The topological polar surface area (TPSA) is 70.2 Å². The van der Waals surface area contributed by atoms with Crippen LogP contribution in [0.5, 0.6) is 0 Å². The van der Waals surface area contributed by atoms with Crippen LogP contribution in [0.3, 0.4) is 0 Å². The molecule has 2 aromatic rings. The van der Waals surface area contributed by atoms with Gasteiger partial charge in [-0.05, 0) is 53.9 Å². The van der Waals surface area contributed by atoms with Gasteiger partial charge in [-0.15, -0.1) is 0 Å². The molecule has 2 unspecified atom stereocenters. The molecule has 2 amide bonds. The van der Waals surface area contributed by atoms with E-state index in [4.69, 9.17) is 4.74 Å². The molecule has 0 radical (unpaired) electrons. The van der Waals surface area contributed by atoms with Gasteiger partial charge in [0.2, 0.25) is 0 Å². The van der Waals surface area contributed by atoms with Crippen molar-refractivity contribution in [2.75, 3.05) is 11.9 Å². The minimum absolute atomic E-state index is 0.0152. The van der Waals surface area contributed by atoms with Crippen LogP contribution >= 0.6 is 15.9 Å². The number of benzene rings is 1. The van der Waals surface area contributed by atoms with Crippen LogP contribution in [0.25, 0.3) is 0 Å². The zero-order valence-electron chi connectivity index (χ0n) is 14.4. The van der Waals surface area contributed by atoms with Gasteiger partial charge in [0, 0.05) is 36.0 Å². The number of ether oxygens (including phenoxy) is 1. The van der Waals surface area contributed by atoms with Crippen molar-refractivity contribution in [3.05, 3.63) is 45.4 Å². The van der Waals surface area contributed by atoms with Crippen molar-refractivity contribution in [2.24, 2.45) is 0 Å². The molecule has 1 aromatic heterocycles. The lowest BCUT2D eigenvalue weighted by atomic mass is 9.97. The molecule has 6 nitrogen and oxygen atoms in total. The van der Waals surface area contributed by atoms with Crippen LogP contribution in [0, 0.1) is 5.82 Å². The number of amides is 2. The summed E-state index contributed by atoms with van der Waals surface area (Å²) in [5.74, 6) is -0.362. The number of carbonyl (C=O) groups excluding carboxylic acids is 1. The lowest BCUT2D eigenvalue weighted by Gasteiger charge is -2.33. The molecule has 0 bridgehead atoms. The lowest BCUT2D eigenvalue weighted by Crippen LogP contribution is -2.45. The average molecular weight is 423 g/mol. The van der Waals surface area contributed by atoms with Gasteiger partial charge >= 0.3 is 6.03 Å². The smallest absolute Gasteiger partial charge is 0.322 e. The summed E-state index contributed by atoms with van der Waals surface area (Å²) in [5, 5.41) is 10.4. The Labute approximate surface area is 159 Å². The summed E-state index contributed by atoms with van der Waals surface area (Å²) >= 11 is 3.14. The summed E-state index contributed by atoms with van der Waals surface area (Å²) < 4.78 is 19.5. The molecular formula is C18H20BrFN4O2. The van der Waals surface area contributed by atoms with E-state index in [2.05, 4.69) is 31.4 Å². The first-order chi connectivity index (χ1) is 12.5. The molecule has 0 aliphatic carbocycles. The largest absolute Gasteiger partial charge is 0.372 e. The van der Waals surface area contributed by atoms with Crippen LogP contribution in [0.2, 0.25) is 0 Å². The van der Waals surface area contributed by atoms with E-state index in [-0.39, 0.29) is 24.0 Å². The second-order valence-electron chi connectivity index (χ2n) is 6.81. The van der Waals surface area contributed by atoms with Crippen molar-refractivity contribution in [3.63, 3.8) is 0 Å². The third-order valence-electron chi connectivity index (χ3n) is 5.01. The number of aromatic amines is 1. The standard InChI is InChI=1S/C18H20BrFN4O2/c1-10-7-15-12(17(23-22-15)16-3-2-6-26-16)9-24(10)18(25)21-11-4-5-14(20)13(19)8-11/h4-5,8,10,16H,2-3,6-7,9H2,1H3,(H,21,25)(H,22,23). The predicted octanol–water partition coefficient (Wildman–Crippen LogP) is 4.14. The zero-order valence-corrected chi connectivity index (χ0v) is 16.0. The molecule has 1 saturated heterocycles. The second kappa shape index (κ2) is 7.00. The van der Waals surface area contributed by atoms with E-state index in [0.717, 1.165) is 42.8 Å². The third kappa shape index (κ3) is 3.23. The number of anilines is 1. The highest BCUT2D eigenvalue weighted by Crippen LogP contribution is 2.34. The van der Waals surface area contributed by atoms with Crippen LogP contribution in [0.4, 0.5) is 14.9 Å². The van der Waals surface area contributed by atoms with E-state index in [1.807, 2.05) is 6.92 Å². The molecule has 1 fully saturated rings. The van der Waals surface area contributed by atoms with Gasteiger partial charge in [-0.25, -0.2) is 9.18 Å². The second-order valence-corrected chi connectivity index (χ2v) is 7.66. The van der Waals surface area contributed by atoms with E-state index in [1.54, 1.807) is 17.0 Å². The molecule has 138 valence electrons. The van der Waals surface area contributed by atoms with Gasteiger partial charge in [0.1, 0.15) is 11.9 Å². The number of hydrogen-bond acceptors (Lipinski definition) is 3. The summed E-state index contributed by atoms with van der Waals surface area (Å²) in [5.41, 5.74) is 3.61. The Kier molecular flexibility index (Phi) is 4.71. The maximum Gasteiger partial charge on any atom is 0.322 e. The zero-order chi connectivity index (χ0) is 18.3. The SMILES string of the molecule is CC1Cc2[nH]nc(C3CCCO3)c2CN1C(=O)Nc1ccc(F)c(Br)c1. The lowest BCUT2D eigenvalue weighted by molar-refractivity contribution is 0.106. The number of nitrogens with zero attached hydrogens (tertiary/aromatic N) is 2. The Bertz CT molecular complexity index is 835. The monoisotopic (exact) mass is 422 g/mol. The summed E-state index contributed by atoms with van der Waals surface area (Å²) in [4.78, 5) is 14.6. The first-order valence-corrected chi connectivity index (χ1v) is 9.52. The van der Waals surface area contributed by atoms with Gasteiger partial charge in [0.15, 0.2) is 0 Å². The maximum absolute atomic E-state index is 13.4. The molecule has 3 heterocycles. The fourth-order valence-electron chi connectivity index (χ4n) is 3.60. The van der Waals surface area contributed by atoms with Crippen molar-refractivity contribution >= 4 is 27.6 Å². The Hall–Kier alpha value is -1.93. The third-order valence-corrected chi connectivity index (χ3v) is 5.62. The van der Waals surface area contributed by atoms with Crippen LogP contribution < -0.4 is 5.32 Å². The summed E-state index contributed by atoms with van der Waals surface area (Å²) in [7, 11) is 0. The Morgan fingerprint density at radius 3 is 3.08 bits per heavy atom. The Morgan fingerprint density at radius 2 is 2.35 bits per heavy atom. The number of rotatable bonds is 2. The minimum Gasteiger partial charge on any atom is -0.372 e. The maximum atomic E-state index is 13.4. The molecule has 2 N–H and O–H groups in total. The quantitative estimate of drug-likeness (QED) is 0.763. The van der Waals surface area contributed by atoms with E-state index < -0.39 is 0 Å². The molecule has 1 aromatic carbocycles. The van der Waals surface area contributed by atoms with E-state index >= 15 is 0 Å². The molecule has 2 aliphatic rings. The molecular weight excluding hydrogens is 403 g/mol. The summed E-state index contributed by atoms with van der Waals surface area (Å²) in [6.07, 6.45) is 2.73. The molecule has 2 aliphatic heterocycles. The fraction of sp³-hybridized carbons (Fsp3) is 0.444. The van der Waals surface area contributed by atoms with Crippen molar-refractivity contribution in [2.45, 2.75) is 44.9 Å².